The van der Waals surface area contributed by atoms with Crippen LogP contribution >= 0.6 is 0 Å². The van der Waals surface area contributed by atoms with Gasteiger partial charge in [0.25, 0.3) is 0 Å². The van der Waals surface area contributed by atoms with E-state index in [-0.39, 0.29) is 5.91 Å². The van der Waals surface area contributed by atoms with Gasteiger partial charge in [0.2, 0.25) is 11.9 Å². The van der Waals surface area contributed by atoms with Gasteiger partial charge in [-0.25, -0.2) is 4.98 Å². The smallest absolute Gasteiger partial charge is 0.227 e. The largest absolute Gasteiger partial charge is 0.362 e. The highest BCUT2D eigenvalue weighted by atomic mass is 16.2. The summed E-state index contributed by atoms with van der Waals surface area (Å²) in [6.07, 6.45) is 2.50. The quantitative estimate of drug-likeness (QED) is 0.845. The monoisotopic (exact) mass is 305 g/mol. The molecule has 2 heterocycles. The van der Waals surface area contributed by atoms with Crippen LogP contribution in [0.3, 0.4) is 0 Å². The number of carbonyl (C=O) groups excluding carboxylic acids is 1. The van der Waals surface area contributed by atoms with Gasteiger partial charge in [0, 0.05) is 58.5 Å². The fourth-order valence-corrected chi connectivity index (χ4v) is 2.66. The van der Waals surface area contributed by atoms with Gasteiger partial charge < -0.3 is 14.7 Å². The van der Waals surface area contributed by atoms with Crippen molar-refractivity contribution in [2.45, 2.75) is 27.2 Å². The Morgan fingerprint density at radius 1 is 1.27 bits per heavy atom. The lowest BCUT2D eigenvalue weighted by Gasteiger charge is -2.35. The van der Waals surface area contributed by atoms with Crippen molar-refractivity contribution in [3.8, 4) is 0 Å². The highest BCUT2D eigenvalue weighted by molar-refractivity contribution is 5.76. The topological polar surface area (TPSA) is 52.6 Å². The third-order valence-corrected chi connectivity index (χ3v) is 3.85. The lowest BCUT2D eigenvalue weighted by molar-refractivity contribution is -0.132. The summed E-state index contributed by atoms with van der Waals surface area (Å²) in [5.41, 5.74) is 1.07. The van der Waals surface area contributed by atoms with E-state index in [9.17, 15) is 4.79 Å². The maximum Gasteiger partial charge on any atom is 0.227 e. The molecule has 0 saturated carbocycles. The summed E-state index contributed by atoms with van der Waals surface area (Å²) in [7, 11) is 3.98. The molecule has 1 saturated heterocycles. The zero-order valence-corrected chi connectivity index (χ0v) is 14.3. The van der Waals surface area contributed by atoms with Gasteiger partial charge in [0.1, 0.15) is 5.82 Å². The molecule has 0 unspecified atom stereocenters. The van der Waals surface area contributed by atoms with E-state index in [1.807, 2.05) is 37.0 Å². The number of hydrogen-bond donors (Lipinski definition) is 0. The number of piperazine rings is 1. The van der Waals surface area contributed by atoms with Crippen LogP contribution in [0.5, 0.6) is 0 Å². The molecule has 0 atom stereocenters. The van der Waals surface area contributed by atoms with Crippen molar-refractivity contribution < 1.29 is 4.79 Å². The first kappa shape index (κ1) is 16.5. The van der Waals surface area contributed by atoms with Crippen molar-refractivity contribution in [1.29, 1.82) is 0 Å². The summed E-state index contributed by atoms with van der Waals surface area (Å²) in [6.45, 7) is 9.26. The van der Waals surface area contributed by atoms with Gasteiger partial charge in [-0.2, -0.15) is 4.98 Å². The maximum atomic E-state index is 12.1. The van der Waals surface area contributed by atoms with Crippen LogP contribution < -0.4 is 9.80 Å². The number of amides is 1. The second kappa shape index (κ2) is 6.94. The molecule has 122 valence electrons. The van der Waals surface area contributed by atoms with E-state index >= 15 is 0 Å². The molecule has 1 amide bonds. The van der Waals surface area contributed by atoms with E-state index in [0.29, 0.717) is 12.3 Å². The zero-order valence-electron chi connectivity index (χ0n) is 14.3. The fourth-order valence-electron chi connectivity index (χ4n) is 2.66. The Morgan fingerprint density at radius 2 is 1.91 bits per heavy atom. The Hall–Kier alpha value is -1.85. The van der Waals surface area contributed by atoms with Crippen LogP contribution in [-0.2, 0) is 4.79 Å². The van der Waals surface area contributed by atoms with Gasteiger partial charge in [0.05, 0.1) is 0 Å². The molecule has 1 aliphatic heterocycles. The maximum absolute atomic E-state index is 12.1. The van der Waals surface area contributed by atoms with Crippen molar-refractivity contribution >= 4 is 17.7 Å². The standard InChI is InChI=1S/C16H27N5O/c1-12(2)10-14(22)20-6-8-21(9-7-20)16-17-11-13(3)15(18-16)19(4)5/h11-12H,6-10H2,1-5H3. The van der Waals surface area contributed by atoms with Crippen LogP contribution in [0.1, 0.15) is 25.8 Å². The molecule has 0 aliphatic carbocycles. The minimum absolute atomic E-state index is 0.258. The molecule has 1 fully saturated rings. The van der Waals surface area contributed by atoms with Crippen LogP contribution in [0, 0.1) is 12.8 Å². The molecule has 0 bridgehead atoms. The van der Waals surface area contributed by atoms with E-state index in [1.165, 1.54) is 0 Å². The summed E-state index contributed by atoms with van der Waals surface area (Å²) in [4.78, 5) is 27.3. The predicted molar refractivity (Wildman–Crippen MR) is 89.3 cm³/mol. The molecule has 0 aromatic carbocycles. The van der Waals surface area contributed by atoms with Gasteiger partial charge in [-0.3, -0.25) is 4.79 Å². The van der Waals surface area contributed by atoms with Crippen molar-refractivity contribution in [2.24, 2.45) is 5.92 Å². The van der Waals surface area contributed by atoms with Crippen LogP contribution in [0.2, 0.25) is 0 Å². The number of rotatable bonds is 4. The average Bonchev–Trinajstić information content (AvgIpc) is 2.47. The number of nitrogens with zero attached hydrogens (tertiary/aromatic N) is 5. The van der Waals surface area contributed by atoms with Crippen molar-refractivity contribution in [2.75, 3.05) is 50.1 Å². The Kier molecular flexibility index (Phi) is 5.21. The van der Waals surface area contributed by atoms with E-state index < -0.39 is 0 Å². The second-order valence-electron chi connectivity index (χ2n) is 6.54. The van der Waals surface area contributed by atoms with Crippen molar-refractivity contribution in [3.63, 3.8) is 0 Å². The lowest BCUT2D eigenvalue weighted by atomic mass is 10.1. The SMILES string of the molecule is Cc1cnc(N2CCN(C(=O)CC(C)C)CC2)nc1N(C)C. The van der Waals surface area contributed by atoms with Crippen LogP contribution in [0.25, 0.3) is 0 Å². The molecular weight excluding hydrogens is 278 g/mol. The summed E-state index contributed by atoms with van der Waals surface area (Å²) in [6, 6.07) is 0. The van der Waals surface area contributed by atoms with E-state index in [2.05, 4.69) is 28.7 Å². The molecule has 1 aromatic rings. The first-order valence-corrected chi connectivity index (χ1v) is 7.92. The summed E-state index contributed by atoms with van der Waals surface area (Å²) < 4.78 is 0. The molecule has 22 heavy (non-hydrogen) atoms. The number of carbonyl (C=O) groups is 1. The summed E-state index contributed by atoms with van der Waals surface area (Å²) in [5.74, 6) is 2.37. The molecule has 0 radical (unpaired) electrons. The lowest BCUT2D eigenvalue weighted by Crippen LogP contribution is -2.49. The predicted octanol–water partition coefficient (Wildman–Crippen LogP) is 1.55. The third-order valence-electron chi connectivity index (χ3n) is 3.85. The van der Waals surface area contributed by atoms with Crippen LogP contribution in [0.4, 0.5) is 11.8 Å². The normalized spacial score (nSPS) is 15.4. The molecule has 6 heteroatoms. The van der Waals surface area contributed by atoms with Gasteiger partial charge in [0.15, 0.2) is 0 Å². The van der Waals surface area contributed by atoms with E-state index in [1.54, 1.807) is 0 Å². The molecule has 6 nitrogen and oxygen atoms in total. The highest BCUT2D eigenvalue weighted by Gasteiger charge is 2.23. The minimum Gasteiger partial charge on any atom is -0.362 e. The van der Waals surface area contributed by atoms with Crippen LogP contribution in [0.15, 0.2) is 6.20 Å². The number of aryl methyl sites for hydroxylation is 1. The highest BCUT2D eigenvalue weighted by Crippen LogP contribution is 2.19. The molecular formula is C16H27N5O. The second-order valence-corrected chi connectivity index (χ2v) is 6.54. The number of hydrogen-bond acceptors (Lipinski definition) is 5. The fraction of sp³-hybridized carbons (Fsp3) is 0.688. The number of anilines is 2. The first-order chi connectivity index (χ1) is 10.4. The Labute approximate surface area is 133 Å². The van der Waals surface area contributed by atoms with Gasteiger partial charge >= 0.3 is 0 Å². The van der Waals surface area contributed by atoms with Crippen molar-refractivity contribution in [3.05, 3.63) is 11.8 Å². The van der Waals surface area contributed by atoms with Gasteiger partial charge in [-0.15, -0.1) is 0 Å². The number of aromatic nitrogens is 2. The zero-order chi connectivity index (χ0) is 16.3. The molecule has 2 rings (SSSR count). The molecule has 1 aromatic heterocycles. The minimum atomic E-state index is 0.258. The summed E-state index contributed by atoms with van der Waals surface area (Å²) in [5, 5.41) is 0. The van der Waals surface area contributed by atoms with E-state index in [0.717, 1.165) is 43.5 Å². The Balaban J connectivity index is 2.00. The Bertz CT molecular complexity index is 521. The summed E-state index contributed by atoms with van der Waals surface area (Å²) >= 11 is 0. The van der Waals surface area contributed by atoms with Gasteiger partial charge in [-0.05, 0) is 12.8 Å². The van der Waals surface area contributed by atoms with Crippen molar-refractivity contribution in [1.82, 2.24) is 14.9 Å². The van der Waals surface area contributed by atoms with E-state index in [4.69, 9.17) is 0 Å². The molecule has 1 aliphatic rings. The molecule has 0 N–H and O–H groups in total. The van der Waals surface area contributed by atoms with Gasteiger partial charge in [-0.1, -0.05) is 13.8 Å². The average molecular weight is 305 g/mol. The third kappa shape index (κ3) is 3.87. The van der Waals surface area contributed by atoms with Crippen LogP contribution in [-0.4, -0.2) is 61.0 Å². The Morgan fingerprint density at radius 3 is 2.45 bits per heavy atom. The first-order valence-electron chi connectivity index (χ1n) is 7.92. The molecule has 0 spiro atoms.